The Hall–Kier alpha value is -3.46. The average molecular weight is 597 g/mol. The van der Waals surface area contributed by atoms with E-state index in [4.69, 9.17) is 9.47 Å². The molecule has 2 nitrogen and oxygen atoms in total. The highest BCUT2D eigenvalue weighted by molar-refractivity contribution is 5.33. The lowest BCUT2D eigenvalue weighted by molar-refractivity contribution is 0.0252. The maximum atomic E-state index is 5.45. The monoisotopic (exact) mass is 596 g/mol. The first-order chi connectivity index (χ1) is 20.7. The normalized spacial score (nSPS) is 16.3. The van der Waals surface area contributed by atoms with Crippen molar-refractivity contribution in [2.75, 3.05) is 14.2 Å². The maximum Gasteiger partial charge on any atom is 0.0657 e. The zero-order valence-corrected chi connectivity index (χ0v) is 29.8. The molecule has 0 amide bonds. The number of allylic oxidation sites excluding steroid dienone is 24. The number of hydrogen-bond acceptors (Lipinski definition) is 2. The fourth-order valence-corrected chi connectivity index (χ4v) is 3.38. The van der Waals surface area contributed by atoms with Gasteiger partial charge in [0.1, 0.15) is 0 Å². The van der Waals surface area contributed by atoms with Gasteiger partial charge in [0.15, 0.2) is 0 Å². The Bertz CT molecular complexity index is 1150. The Kier molecular flexibility index (Phi) is 21.2. The number of hydrogen-bond donors (Lipinski definition) is 0. The highest BCUT2D eigenvalue weighted by Crippen LogP contribution is 2.15. The smallest absolute Gasteiger partial charge is 0.0657 e. The predicted octanol–water partition coefficient (Wildman–Crippen LogP) is 12.2. The molecule has 0 aromatic rings. The molecule has 0 aliphatic rings. The van der Waals surface area contributed by atoms with Crippen LogP contribution in [0.5, 0.6) is 0 Å². The molecule has 0 heterocycles. The van der Waals surface area contributed by atoms with Gasteiger partial charge in [-0.25, -0.2) is 0 Å². The van der Waals surface area contributed by atoms with Gasteiger partial charge in [-0.05, 0) is 82.1 Å². The minimum Gasteiger partial charge on any atom is -0.378 e. The summed E-state index contributed by atoms with van der Waals surface area (Å²) in [6, 6.07) is 0. The van der Waals surface area contributed by atoms with E-state index in [1.165, 1.54) is 33.4 Å². The summed E-state index contributed by atoms with van der Waals surface area (Å²) in [6.45, 7) is 21.0. The summed E-state index contributed by atoms with van der Waals surface area (Å²) < 4.78 is 10.9. The van der Waals surface area contributed by atoms with Crippen LogP contribution in [0.25, 0.3) is 0 Å². The van der Waals surface area contributed by atoms with Gasteiger partial charge in [-0.1, -0.05) is 155 Å². The quantitative estimate of drug-likeness (QED) is 0.147. The van der Waals surface area contributed by atoms with Gasteiger partial charge in [-0.3, -0.25) is 0 Å². The van der Waals surface area contributed by atoms with Gasteiger partial charge in [0.2, 0.25) is 0 Å². The Morgan fingerprint density at radius 2 is 0.614 bits per heavy atom. The molecule has 0 saturated heterocycles. The Morgan fingerprint density at radius 1 is 0.386 bits per heavy atom. The molecule has 0 N–H and O–H groups in total. The SMILES string of the molecule is COC(C)(C)C/C=C/C(C)=C/C=C/C(C)=C/C=C/C(C)=C/C=C\C=C(C)\C=C\C=C(C)\C=C\C=C(C)\C=C\CC(C)(C)OC. The lowest BCUT2D eigenvalue weighted by Gasteiger charge is -2.20. The highest BCUT2D eigenvalue weighted by atomic mass is 16.5. The Balaban J connectivity index is 4.80. The van der Waals surface area contributed by atoms with Gasteiger partial charge < -0.3 is 9.47 Å². The largest absolute Gasteiger partial charge is 0.378 e. The molecule has 44 heavy (non-hydrogen) atoms. The molecular formula is C42H60O2. The van der Waals surface area contributed by atoms with Crippen molar-refractivity contribution in [1.82, 2.24) is 0 Å². The van der Waals surface area contributed by atoms with Crippen LogP contribution in [0.1, 0.15) is 82.1 Å². The molecule has 0 bridgehead atoms. The van der Waals surface area contributed by atoms with Crippen LogP contribution in [-0.4, -0.2) is 25.4 Å². The topological polar surface area (TPSA) is 18.5 Å². The summed E-state index contributed by atoms with van der Waals surface area (Å²) >= 11 is 0. The zero-order valence-electron chi connectivity index (χ0n) is 29.8. The first-order valence-corrected chi connectivity index (χ1v) is 15.5. The Labute approximate surface area is 271 Å². The van der Waals surface area contributed by atoms with E-state index in [2.05, 4.69) is 191 Å². The summed E-state index contributed by atoms with van der Waals surface area (Å²) in [5.41, 5.74) is 6.97. The number of methoxy groups -OCH3 is 2. The molecule has 0 rings (SSSR count). The van der Waals surface area contributed by atoms with Crippen LogP contribution < -0.4 is 0 Å². The first-order valence-electron chi connectivity index (χ1n) is 15.5. The van der Waals surface area contributed by atoms with Crippen LogP contribution in [0.2, 0.25) is 0 Å². The van der Waals surface area contributed by atoms with Crippen molar-refractivity contribution < 1.29 is 9.47 Å². The van der Waals surface area contributed by atoms with Crippen molar-refractivity contribution in [3.05, 3.63) is 155 Å². The minimum absolute atomic E-state index is 0.123. The second-order valence-electron chi connectivity index (χ2n) is 12.4. The fraction of sp³-hybridized carbons (Fsp3) is 0.381. The van der Waals surface area contributed by atoms with E-state index < -0.39 is 0 Å². The third-order valence-electron chi connectivity index (χ3n) is 6.79. The molecule has 0 saturated carbocycles. The summed E-state index contributed by atoms with van der Waals surface area (Å²) in [5, 5.41) is 0. The summed E-state index contributed by atoms with van der Waals surface area (Å²) in [7, 11) is 3.50. The summed E-state index contributed by atoms with van der Waals surface area (Å²) in [6.07, 6.45) is 44.1. The van der Waals surface area contributed by atoms with Crippen molar-refractivity contribution in [2.45, 2.75) is 93.3 Å². The zero-order chi connectivity index (χ0) is 33.4. The predicted molar refractivity (Wildman–Crippen MR) is 198 cm³/mol. The third-order valence-corrected chi connectivity index (χ3v) is 6.79. The summed E-state index contributed by atoms with van der Waals surface area (Å²) in [4.78, 5) is 0. The molecule has 0 aromatic heterocycles. The second kappa shape index (κ2) is 23.0. The lowest BCUT2D eigenvalue weighted by atomic mass is 10.0. The van der Waals surface area contributed by atoms with Crippen LogP contribution in [0.3, 0.4) is 0 Å². The van der Waals surface area contributed by atoms with E-state index in [1.54, 1.807) is 14.2 Å². The molecule has 2 heteroatoms. The van der Waals surface area contributed by atoms with Gasteiger partial charge in [0, 0.05) is 14.2 Å². The molecular weight excluding hydrogens is 536 g/mol. The van der Waals surface area contributed by atoms with Crippen molar-refractivity contribution >= 4 is 0 Å². The molecule has 0 aliphatic carbocycles. The molecule has 0 radical (unpaired) electrons. The fourth-order valence-electron chi connectivity index (χ4n) is 3.38. The van der Waals surface area contributed by atoms with Crippen molar-refractivity contribution in [1.29, 1.82) is 0 Å². The minimum atomic E-state index is -0.123. The molecule has 0 aromatic carbocycles. The third kappa shape index (κ3) is 24.0. The van der Waals surface area contributed by atoms with E-state index >= 15 is 0 Å². The second-order valence-corrected chi connectivity index (χ2v) is 12.4. The van der Waals surface area contributed by atoms with Crippen LogP contribution in [-0.2, 0) is 9.47 Å². The molecule has 0 aliphatic heterocycles. The van der Waals surface area contributed by atoms with Gasteiger partial charge in [-0.2, -0.15) is 0 Å². The van der Waals surface area contributed by atoms with Crippen LogP contribution in [0, 0.1) is 0 Å². The molecule has 0 unspecified atom stereocenters. The van der Waals surface area contributed by atoms with E-state index in [0.29, 0.717) is 0 Å². The summed E-state index contributed by atoms with van der Waals surface area (Å²) in [5.74, 6) is 0. The lowest BCUT2D eigenvalue weighted by Crippen LogP contribution is -2.20. The van der Waals surface area contributed by atoms with Crippen LogP contribution >= 0.6 is 0 Å². The van der Waals surface area contributed by atoms with Gasteiger partial charge in [-0.15, -0.1) is 0 Å². The molecule has 0 fully saturated rings. The van der Waals surface area contributed by atoms with E-state index in [1.807, 2.05) is 0 Å². The van der Waals surface area contributed by atoms with Crippen LogP contribution in [0.4, 0.5) is 0 Å². The first kappa shape index (κ1) is 40.5. The van der Waals surface area contributed by atoms with Crippen molar-refractivity contribution in [2.24, 2.45) is 0 Å². The van der Waals surface area contributed by atoms with E-state index in [-0.39, 0.29) is 11.2 Å². The standard InChI is InChI=1S/C42H60O2/c1-35(23-15-25-37(3)27-17-29-39(5)31-19-33-41(7,8)43-11)21-13-14-22-36(2)24-16-26-38(4)28-18-30-40(6)32-20-34-42(9,10)44-12/h13-32H,33-34H2,1-12H3/b14-13-,23-15+,24-16+,27-17+,28-18+,31-19+,32-20+,35-21+,36-22+,37-25+,38-26+,39-29+,40-30+. The van der Waals surface area contributed by atoms with E-state index in [9.17, 15) is 0 Å². The van der Waals surface area contributed by atoms with Crippen molar-refractivity contribution in [3.8, 4) is 0 Å². The highest BCUT2D eigenvalue weighted by Gasteiger charge is 2.13. The van der Waals surface area contributed by atoms with Crippen LogP contribution in [0.15, 0.2) is 155 Å². The van der Waals surface area contributed by atoms with E-state index in [0.717, 1.165) is 12.8 Å². The average Bonchev–Trinajstić information content (AvgIpc) is 2.95. The van der Waals surface area contributed by atoms with Gasteiger partial charge >= 0.3 is 0 Å². The number of ether oxygens (including phenoxy) is 2. The maximum absolute atomic E-state index is 5.45. The molecule has 240 valence electrons. The molecule has 0 spiro atoms. The van der Waals surface area contributed by atoms with Gasteiger partial charge in [0.05, 0.1) is 11.2 Å². The van der Waals surface area contributed by atoms with Crippen molar-refractivity contribution in [3.63, 3.8) is 0 Å². The number of rotatable bonds is 18. The Morgan fingerprint density at radius 3 is 0.864 bits per heavy atom. The van der Waals surface area contributed by atoms with Gasteiger partial charge in [0.25, 0.3) is 0 Å². The molecule has 0 atom stereocenters.